The summed E-state index contributed by atoms with van der Waals surface area (Å²) in [5.74, 6) is 1.06. The monoisotopic (exact) mass is 176 g/mol. The molecule has 2 rings (SSSR count). The number of nitrogens with zero attached hydrogens (tertiary/aromatic N) is 1. The molecule has 2 aromatic rings. The topological polar surface area (TPSA) is 41.8 Å². The van der Waals surface area contributed by atoms with E-state index in [1.54, 1.807) is 12.5 Å². The molecule has 0 fully saturated rings. The second-order valence-electron chi connectivity index (χ2n) is 3.01. The summed E-state index contributed by atoms with van der Waals surface area (Å²) in [6, 6.07) is 5.93. The van der Waals surface area contributed by atoms with Gasteiger partial charge in [-0.3, -0.25) is 5.10 Å². The summed E-state index contributed by atoms with van der Waals surface area (Å²) < 4.78 is 5.23. The van der Waals surface area contributed by atoms with Crippen LogP contribution in [-0.2, 0) is 12.8 Å². The molecule has 0 aliphatic rings. The lowest BCUT2D eigenvalue weighted by molar-refractivity contribution is 0.501. The Morgan fingerprint density at radius 2 is 2.31 bits per heavy atom. The second-order valence-corrected chi connectivity index (χ2v) is 3.01. The van der Waals surface area contributed by atoms with Crippen molar-refractivity contribution in [2.24, 2.45) is 0 Å². The van der Waals surface area contributed by atoms with E-state index in [2.05, 4.69) is 10.2 Å². The third-order valence-electron chi connectivity index (χ3n) is 2.01. The first kappa shape index (κ1) is 8.10. The number of aromatic nitrogens is 2. The minimum absolute atomic E-state index is 0.992. The highest BCUT2D eigenvalue weighted by Crippen LogP contribution is 2.06. The highest BCUT2D eigenvalue weighted by atomic mass is 16.3. The lowest BCUT2D eigenvalue weighted by Gasteiger charge is -1.95. The van der Waals surface area contributed by atoms with Crippen LogP contribution in [0.1, 0.15) is 17.9 Å². The highest BCUT2D eigenvalue weighted by molar-refractivity contribution is 5.01. The van der Waals surface area contributed by atoms with Crippen LogP contribution in [0, 0.1) is 0 Å². The molecule has 0 aliphatic heterocycles. The van der Waals surface area contributed by atoms with E-state index in [1.165, 1.54) is 5.69 Å². The van der Waals surface area contributed by atoms with Crippen LogP contribution in [0.2, 0.25) is 0 Å². The van der Waals surface area contributed by atoms with Gasteiger partial charge in [-0.05, 0) is 31.0 Å². The Hall–Kier alpha value is -1.51. The molecule has 3 heteroatoms. The van der Waals surface area contributed by atoms with Gasteiger partial charge >= 0.3 is 0 Å². The Labute approximate surface area is 76.8 Å². The SMILES string of the molecule is c1coc(CCCc2ccn[nH]2)c1. The van der Waals surface area contributed by atoms with Crippen molar-refractivity contribution in [1.29, 1.82) is 0 Å². The fourth-order valence-corrected chi connectivity index (χ4v) is 1.33. The molecule has 0 saturated heterocycles. The van der Waals surface area contributed by atoms with Crippen LogP contribution >= 0.6 is 0 Å². The number of rotatable bonds is 4. The number of hydrogen-bond acceptors (Lipinski definition) is 2. The largest absolute Gasteiger partial charge is 0.469 e. The fourth-order valence-electron chi connectivity index (χ4n) is 1.33. The van der Waals surface area contributed by atoms with Crippen molar-refractivity contribution in [3.8, 4) is 0 Å². The predicted octanol–water partition coefficient (Wildman–Crippen LogP) is 2.18. The fraction of sp³-hybridized carbons (Fsp3) is 0.300. The summed E-state index contributed by atoms with van der Waals surface area (Å²) in [6.45, 7) is 0. The predicted molar refractivity (Wildman–Crippen MR) is 49.3 cm³/mol. The number of furan rings is 1. The van der Waals surface area contributed by atoms with Crippen molar-refractivity contribution in [3.05, 3.63) is 42.1 Å². The van der Waals surface area contributed by atoms with E-state index in [9.17, 15) is 0 Å². The van der Waals surface area contributed by atoms with Gasteiger partial charge in [0.15, 0.2) is 0 Å². The molecular weight excluding hydrogens is 164 g/mol. The first-order valence-electron chi connectivity index (χ1n) is 4.46. The van der Waals surface area contributed by atoms with Crippen molar-refractivity contribution < 1.29 is 4.42 Å². The second kappa shape index (κ2) is 3.94. The molecule has 13 heavy (non-hydrogen) atoms. The smallest absolute Gasteiger partial charge is 0.103 e. The van der Waals surface area contributed by atoms with Gasteiger partial charge < -0.3 is 4.42 Å². The van der Waals surface area contributed by atoms with Crippen molar-refractivity contribution in [2.75, 3.05) is 0 Å². The third-order valence-corrected chi connectivity index (χ3v) is 2.01. The molecule has 2 aromatic heterocycles. The zero-order chi connectivity index (χ0) is 8.93. The highest BCUT2D eigenvalue weighted by Gasteiger charge is 1.97. The quantitative estimate of drug-likeness (QED) is 0.775. The van der Waals surface area contributed by atoms with Crippen LogP contribution < -0.4 is 0 Å². The zero-order valence-corrected chi connectivity index (χ0v) is 7.36. The Balaban J connectivity index is 1.76. The lowest BCUT2D eigenvalue weighted by Crippen LogP contribution is -1.88. The normalized spacial score (nSPS) is 10.5. The minimum Gasteiger partial charge on any atom is -0.469 e. The number of H-pyrrole nitrogens is 1. The van der Waals surface area contributed by atoms with E-state index in [0.29, 0.717) is 0 Å². The van der Waals surface area contributed by atoms with Crippen LogP contribution in [0.5, 0.6) is 0 Å². The summed E-state index contributed by atoms with van der Waals surface area (Å²) in [6.07, 6.45) is 6.61. The molecule has 0 aromatic carbocycles. The standard InChI is InChI=1S/C10H12N2O/c1(3-9-6-7-11-12-9)4-10-5-2-8-13-10/h2,5-8H,1,3-4H2,(H,11,12). The van der Waals surface area contributed by atoms with E-state index in [4.69, 9.17) is 4.42 Å². The van der Waals surface area contributed by atoms with E-state index >= 15 is 0 Å². The molecule has 0 amide bonds. The van der Waals surface area contributed by atoms with Gasteiger partial charge in [-0.1, -0.05) is 0 Å². The minimum atomic E-state index is 0.992. The lowest BCUT2D eigenvalue weighted by atomic mass is 10.2. The van der Waals surface area contributed by atoms with Crippen LogP contribution in [-0.4, -0.2) is 10.2 Å². The molecule has 0 aliphatic carbocycles. The molecule has 0 spiro atoms. The van der Waals surface area contributed by atoms with E-state index in [1.807, 2.05) is 18.2 Å². The average Bonchev–Trinajstić information content (AvgIpc) is 2.75. The van der Waals surface area contributed by atoms with Crippen LogP contribution in [0.4, 0.5) is 0 Å². The average molecular weight is 176 g/mol. The van der Waals surface area contributed by atoms with E-state index < -0.39 is 0 Å². The van der Waals surface area contributed by atoms with Gasteiger partial charge in [0.2, 0.25) is 0 Å². The Bertz CT molecular complexity index is 289. The summed E-state index contributed by atoms with van der Waals surface area (Å²) >= 11 is 0. The molecule has 0 saturated carbocycles. The summed E-state index contributed by atoms with van der Waals surface area (Å²) in [5, 5.41) is 6.83. The Kier molecular flexibility index (Phi) is 2.45. The van der Waals surface area contributed by atoms with E-state index in [-0.39, 0.29) is 0 Å². The maximum Gasteiger partial charge on any atom is 0.103 e. The van der Waals surface area contributed by atoms with Gasteiger partial charge in [0.05, 0.1) is 6.26 Å². The molecule has 68 valence electrons. The van der Waals surface area contributed by atoms with Gasteiger partial charge in [-0.25, -0.2) is 0 Å². The third kappa shape index (κ3) is 2.21. The van der Waals surface area contributed by atoms with Crippen LogP contribution in [0.3, 0.4) is 0 Å². The number of nitrogens with one attached hydrogen (secondary N) is 1. The molecule has 1 N–H and O–H groups in total. The van der Waals surface area contributed by atoms with Crippen molar-refractivity contribution in [3.63, 3.8) is 0 Å². The number of hydrogen-bond donors (Lipinski definition) is 1. The summed E-state index contributed by atoms with van der Waals surface area (Å²) in [4.78, 5) is 0. The molecule has 0 bridgehead atoms. The Morgan fingerprint density at radius 1 is 1.31 bits per heavy atom. The number of aromatic amines is 1. The van der Waals surface area contributed by atoms with Gasteiger partial charge in [-0.15, -0.1) is 0 Å². The number of aryl methyl sites for hydroxylation is 2. The summed E-state index contributed by atoms with van der Waals surface area (Å²) in [5.41, 5.74) is 1.19. The molecular formula is C10H12N2O. The molecule has 2 heterocycles. The van der Waals surface area contributed by atoms with Gasteiger partial charge in [0, 0.05) is 18.3 Å². The molecule has 0 radical (unpaired) electrons. The van der Waals surface area contributed by atoms with E-state index in [0.717, 1.165) is 25.0 Å². The van der Waals surface area contributed by atoms with Gasteiger partial charge in [0.25, 0.3) is 0 Å². The van der Waals surface area contributed by atoms with Crippen LogP contribution in [0.25, 0.3) is 0 Å². The Morgan fingerprint density at radius 3 is 3.00 bits per heavy atom. The van der Waals surface area contributed by atoms with Crippen molar-refractivity contribution in [2.45, 2.75) is 19.3 Å². The van der Waals surface area contributed by atoms with Crippen LogP contribution in [0.15, 0.2) is 35.1 Å². The first-order valence-corrected chi connectivity index (χ1v) is 4.46. The molecule has 0 atom stereocenters. The first-order chi connectivity index (χ1) is 6.45. The van der Waals surface area contributed by atoms with Crippen molar-refractivity contribution in [1.82, 2.24) is 10.2 Å². The molecule has 3 nitrogen and oxygen atoms in total. The van der Waals surface area contributed by atoms with Crippen molar-refractivity contribution >= 4 is 0 Å². The van der Waals surface area contributed by atoms with Gasteiger partial charge in [0.1, 0.15) is 5.76 Å². The zero-order valence-electron chi connectivity index (χ0n) is 7.36. The van der Waals surface area contributed by atoms with Gasteiger partial charge in [-0.2, -0.15) is 5.10 Å². The molecule has 0 unspecified atom stereocenters. The maximum absolute atomic E-state index is 5.23. The summed E-state index contributed by atoms with van der Waals surface area (Å²) in [7, 11) is 0. The maximum atomic E-state index is 5.23.